The van der Waals surface area contributed by atoms with Crippen LogP contribution >= 0.6 is 23.1 Å². The van der Waals surface area contributed by atoms with E-state index in [-0.39, 0.29) is 5.91 Å². The minimum atomic E-state index is -0.436. The average molecular weight is 467 g/mol. The summed E-state index contributed by atoms with van der Waals surface area (Å²) in [5.74, 6) is 1.76. The zero-order valence-electron chi connectivity index (χ0n) is 17.8. The molecule has 0 spiro atoms. The van der Waals surface area contributed by atoms with E-state index in [1.807, 2.05) is 59.3 Å². The van der Waals surface area contributed by atoms with Gasteiger partial charge in [0.1, 0.15) is 11.5 Å². The molecule has 0 radical (unpaired) electrons. The number of nitrogens with zero attached hydrogens (tertiary/aromatic N) is 3. The van der Waals surface area contributed by atoms with Crippen LogP contribution in [-0.4, -0.2) is 40.1 Å². The third kappa shape index (κ3) is 4.63. The van der Waals surface area contributed by atoms with E-state index in [1.165, 1.54) is 11.8 Å². The molecule has 1 atom stereocenters. The molecule has 0 aliphatic rings. The van der Waals surface area contributed by atoms with Gasteiger partial charge in [-0.25, -0.2) is 0 Å². The van der Waals surface area contributed by atoms with E-state index in [4.69, 9.17) is 9.47 Å². The molecule has 2 aromatic carbocycles. The number of thiophene rings is 1. The summed E-state index contributed by atoms with van der Waals surface area (Å²) in [6, 6.07) is 19.1. The quantitative estimate of drug-likeness (QED) is 0.363. The van der Waals surface area contributed by atoms with Gasteiger partial charge < -0.3 is 14.8 Å². The lowest BCUT2D eigenvalue weighted by molar-refractivity contribution is -0.115. The molecule has 7 nitrogen and oxygen atoms in total. The highest BCUT2D eigenvalue weighted by atomic mass is 32.2. The van der Waals surface area contributed by atoms with Crippen molar-refractivity contribution in [1.29, 1.82) is 0 Å². The van der Waals surface area contributed by atoms with Gasteiger partial charge in [0.15, 0.2) is 11.0 Å². The molecular weight excluding hydrogens is 444 g/mol. The van der Waals surface area contributed by atoms with Crippen LogP contribution in [0.3, 0.4) is 0 Å². The number of amides is 1. The highest BCUT2D eigenvalue weighted by Gasteiger charge is 2.23. The molecule has 4 aromatic rings. The fourth-order valence-corrected chi connectivity index (χ4v) is 4.65. The SMILES string of the molecule is COc1ccc(OC)c(NC(=O)C(C)Sc2nnc(-c3cccs3)n2-c2ccccc2)c1. The van der Waals surface area contributed by atoms with Crippen molar-refractivity contribution in [3.05, 3.63) is 66.0 Å². The van der Waals surface area contributed by atoms with E-state index in [2.05, 4.69) is 15.5 Å². The first-order valence-corrected chi connectivity index (χ1v) is 11.6. The van der Waals surface area contributed by atoms with E-state index >= 15 is 0 Å². The number of methoxy groups -OCH3 is 2. The fraction of sp³-hybridized carbons (Fsp3) is 0.174. The van der Waals surface area contributed by atoms with Crippen LogP contribution in [0.5, 0.6) is 11.5 Å². The predicted molar refractivity (Wildman–Crippen MR) is 128 cm³/mol. The molecule has 9 heteroatoms. The number of nitrogens with one attached hydrogen (secondary N) is 1. The molecule has 0 aliphatic heterocycles. The number of rotatable bonds is 8. The molecule has 0 fully saturated rings. The topological polar surface area (TPSA) is 78.3 Å². The number of benzene rings is 2. The minimum Gasteiger partial charge on any atom is -0.497 e. The Morgan fingerprint density at radius 3 is 2.56 bits per heavy atom. The minimum absolute atomic E-state index is 0.179. The van der Waals surface area contributed by atoms with E-state index < -0.39 is 5.25 Å². The van der Waals surface area contributed by atoms with Crippen LogP contribution in [0.2, 0.25) is 0 Å². The standard InChI is InChI=1S/C23H22N4O3S2/c1-15(22(28)24-18-14-17(29-2)11-12-19(18)30-3)32-23-26-25-21(20-10-7-13-31-20)27(23)16-8-5-4-6-9-16/h4-15H,1-3H3,(H,24,28). The van der Waals surface area contributed by atoms with Crippen LogP contribution in [0.15, 0.2) is 71.2 Å². The summed E-state index contributed by atoms with van der Waals surface area (Å²) in [6.07, 6.45) is 0. The highest BCUT2D eigenvalue weighted by Crippen LogP contribution is 2.33. The molecule has 0 aliphatic carbocycles. The Morgan fingerprint density at radius 2 is 1.88 bits per heavy atom. The van der Waals surface area contributed by atoms with Crippen molar-refractivity contribution in [3.63, 3.8) is 0 Å². The molecular formula is C23H22N4O3S2. The maximum absolute atomic E-state index is 13.0. The number of carbonyl (C=O) groups is 1. The molecule has 1 N–H and O–H groups in total. The normalized spacial score (nSPS) is 11.7. The van der Waals surface area contributed by atoms with Gasteiger partial charge in [-0.05, 0) is 42.6 Å². The predicted octanol–water partition coefficient (Wildman–Crippen LogP) is 5.13. The summed E-state index contributed by atoms with van der Waals surface area (Å²) in [5, 5.41) is 13.9. The van der Waals surface area contributed by atoms with Crippen LogP contribution in [0.25, 0.3) is 16.4 Å². The molecule has 164 valence electrons. The number of anilines is 1. The molecule has 0 bridgehead atoms. The molecule has 0 saturated heterocycles. The van der Waals surface area contributed by atoms with E-state index in [9.17, 15) is 4.79 Å². The molecule has 32 heavy (non-hydrogen) atoms. The van der Waals surface area contributed by atoms with Crippen molar-refractivity contribution in [2.24, 2.45) is 0 Å². The van der Waals surface area contributed by atoms with Crippen molar-refractivity contribution >= 4 is 34.7 Å². The van der Waals surface area contributed by atoms with Crippen LogP contribution in [0.4, 0.5) is 5.69 Å². The number of thioether (sulfide) groups is 1. The van der Waals surface area contributed by atoms with Gasteiger partial charge in [0.05, 0.1) is 30.0 Å². The molecule has 4 rings (SSSR count). The molecule has 1 amide bonds. The Kier molecular flexibility index (Phi) is 6.77. The van der Waals surface area contributed by atoms with Gasteiger partial charge in [-0.2, -0.15) is 0 Å². The molecule has 2 heterocycles. The Hall–Kier alpha value is -3.30. The van der Waals surface area contributed by atoms with Gasteiger partial charge in [0, 0.05) is 11.8 Å². The number of hydrogen-bond acceptors (Lipinski definition) is 7. The lowest BCUT2D eigenvalue weighted by Gasteiger charge is -2.15. The average Bonchev–Trinajstić information content (AvgIpc) is 3.49. The first-order chi connectivity index (χ1) is 15.6. The zero-order valence-corrected chi connectivity index (χ0v) is 19.4. The van der Waals surface area contributed by atoms with E-state index in [0.717, 1.165) is 16.4 Å². The van der Waals surface area contributed by atoms with Gasteiger partial charge in [0.2, 0.25) is 5.91 Å². The maximum Gasteiger partial charge on any atom is 0.237 e. The Balaban J connectivity index is 1.60. The second kappa shape index (κ2) is 9.88. The van der Waals surface area contributed by atoms with E-state index in [0.29, 0.717) is 22.3 Å². The second-order valence-corrected chi connectivity index (χ2v) is 9.03. The molecule has 1 unspecified atom stereocenters. The van der Waals surface area contributed by atoms with Crippen molar-refractivity contribution in [2.75, 3.05) is 19.5 Å². The van der Waals surface area contributed by atoms with Crippen molar-refractivity contribution in [1.82, 2.24) is 14.8 Å². The Labute approximate surface area is 194 Å². The lowest BCUT2D eigenvalue weighted by atomic mass is 10.2. The maximum atomic E-state index is 13.0. The smallest absolute Gasteiger partial charge is 0.237 e. The van der Waals surface area contributed by atoms with Gasteiger partial charge in [-0.3, -0.25) is 9.36 Å². The van der Waals surface area contributed by atoms with Crippen molar-refractivity contribution in [3.8, 4) is 27.9 Å². The number of aromatic nitrogens is 3. The van der Waals surface area contributed by atoms with Crippen molar-refractivity contribution in [2.45, 2.75) is 17.3 Å². The summed E-state index contributed by atoms with van der Waals surface area (Å²) in [5.41, 5.74) is 1.48. The van der Waals surface area contributed by atoms with Gasteiger partial charge in [0.25, 0.3) is 0 Å². The van der Waals surface area contributed by atoms with Crippen LogP contribution in [0.1, 0.15) is 6.92 Å². The Morgan fingerprint density at radius 1 is 1.06 bits per heavy atom. The van der Waals surface area contributed by atoms with Gasteiger partial charge in [-0.15, -0.1) is 21.5 Å². The highest BCUT2D eigenvalue weighted by molar-refractivity contribution is 8.00. The van der Waals surface area contributed by atoms with Crippen molar-refractivity contribution < 1.29 is 14.3 Å². The van der Waals surface area contributed by atoms with Gasteiger partial charge in [-0.1, -0.05) is 36.0 Å². The summed E-state index contributed by atoms with van der Waals surface area (Å²) in [7, 11) is 3.14. The largest absolute Gasteiger partial charge is 0.497 e. The number of carbonyl (C=O) groups excluding carboxylic acids is 1. The Bertz CT molecular complexity index is 1190. The third-order valence-corrected chi connectivity index (χ3v) is 6.61. The number of ether oxygens (including phenoxy) is 2. The van der Waals surface area contributed by atoms with Crippen LogP contribution in [0, 0.1) is 0 Å². The lowest BCUT2D eigenvalue weighted by Crippen LogP contribution is -2.23. The van der Waals surface area contributed by atoms with Gasteiger partial charge >= 0.3 is 0 Å². The fourth-order valence-electron chi connectivity index (χ4n) is 3.08. The van der Waals surface area contributed by atoms with Crippen LogP contribution in [-0.2, 0) is 4.79 Å². The molecule has 2 aromatic heterocycles. The number of para-hydroxylation sites is 1. The summed E-state index contributed by atoms with van der Waals surface area (Å²) in [6.45, 7) is 1.83. The van der Waals surface area contributed by atoms with Crippen LogP contribution < -0.4 is 14.8 Å². The third-order valence-electron chi connectivity index (χ3n) is 4.71. The number of hydrogen-bond donors (Lipinski definition) is 1. The summed E-state index contributed by atoms with van der Waals surface area (Å²) in [4.78, 5) is 14.0. The summed E-state index contributed by atoms with van der Waals surface area (Å²) >= 11 is 2.94. The first-order valence-electron chi connectivity index (χ1n) is 9.85. The molecule has 0 saturated carbocycles. The monoisotopic (exact) mass is 466 g/mol. The van der Waals surface area contributed by atoms with E-state index in [1.54, 1.807) is 43.8 Å². The summed E-state index contributed by atoms with van der Waals surface area (Å²) < 4.78 is 12.6. The zero-order chi connectivity index (χ0) is 22.5. The second-order valence-electron chi connectivity index (χ2n) is 6.77. The first kappa shape index (κ1) is 21.9.